The van der Waals surface area contributed by atoms with Gasteiger partial charge in [0.1, 0.15) is 7.11 Å². The van der Waals surface area contributed by atoms with Gasteiger partial charge in [-0.25, -0.2) is 0 Å². The maximum absolute atomic E-state index is 4.53. The van der Waals surface area contributed by atoms with Crippen molar-refractivity contribution in [2.45, 2.75) is 20.8 Å². The van der Waals surface area contributed by atoms with E-state index in [1.54, 1.807) is 7.11 Å². The van der Waals surface area contributed by atoms with Crippen LogP contribution in [0.5, 0.6) is 0 Å². The molecule has 0 aliphatic heterocycles. The van der Waals surface area contributed by atoms with E-state index in [4.69, 9.17) is 0 Å². The molecule has 0 amide bonds. The highest BCUT2D eigenvalue weighted by Crippen LogP contribution is 1.97. The fraction of sp³-hybridized carbons (Fsp3) is 0.667. The molecule has 1 radical (unpaired) electrons. The summed E-state index contributed by atoms with van der Waals surface area (Å²) in [5.41, 5.74) is 0.951. The lowest BCUT2D eigenvalue weighted by atomic mass is 10.1. The molecule has 8 heavy (non-hydrogen) atoms. The van der Waals surface area contributed by atoms with Crippen LogP contribution >= 0.6 is 0 Å². The van der Waals surface area contributed by atoms with Crippen LogP contribution in [0.2, 0.25) is 0 Å². The summed E-state index contributed by atoms with van der Waals surface area (Å²) < 4.78 is 0. The van der Waals surface area contributed by atoms with Gasteiger partial charge >= 0.3 is 0 Å². The van der Waals surface area contributed by atoms with Crippen molar-refractivity contribution >= 4 is 5.71 Å². The molecule has 47 valence electrons. The summed E-state index contributed by atoms with van der Waals surface area (Å²) in [5.74, 6) is 1.19. The Morgan fingerprint density at radius 3 is 1.88 bits per heavy atom. The molecule has 0 aromatic rings. The van der Waals surface area contributed by atoms with E-state index in [-0.39, 0.29) is 0 Å². The summed E-state index contributed by atoms with van der Waals surface area (Å²) >= 11 is 0. The first-order chi connectivity index (χ1) is 3.68. The number of hydrogen-bond donors (Lipinski definition) is 0. The van der Waals surface area contributed by atoms with Crippen LogP contribution < -0.4 is 0 Å². The first kappa shape index (κ1) is 7.47. The SMILES string of the molecule is CON=C(C)[C](C)C. The van der Waals surface area contributed by atoms with Crippen LogP contribution in [0.25, 0.3) is 0 Å². The van der Waals surface area contributed by atoms with Crippen LogP contribution in [0.4, 0.5) is 0 Å². The summed E-state index contributed by atoms with van der Waals surface area (Å²) in [6, 6.07) is 0. The zero-order valence-electron chi connectivity index (χ0n) is 5.86. The minimum Gasteiger partial charge on any atom is -0.399 e. The molecule has 0 bridgehead atoms. The molecule has 2 heteroatoms. The fourth-order valence-electron chi connectivity index (χ4n) is 0.228. The Balaban J connectivity index is 3.61. The summed E-state index contributed by atoms with van der Waals surface area (Å²) in [6.45, 7) is 5.91. The largest absolute Gasteiger partial charge is 0.399 e. The minimum absolute atomic E-state index is 0.951. The van der Waals surface area contributed by atoms with Gasteiger partial charge in [-0.2, -0.15) is 0 Å². The van der Waals surface area contributed by atoms with Crippen molar-refractivity contribution in [1.82, 2.24) is 0 Å². The van der Waals surface area contributed by atoms with Gasteiger partial charge in [0, 0.05) is 5.92 Å². The molecule has 0 saturated carbocycles. The highest BCUT2D eigenvalue weighted by molar-refractivity contribution is 5.93. The molecule has 0 aliphatic rings. The van der Waals surface area contributed by atoms with Crippen LogP contribution in [-0.2, 0) is 4.84 Å². The summed E-state index contributed by atoms with van der Waals surface area (Å²) in [7, 11) is 1.55. The first-order valence-corrected chi connectivity index (χ1v) is 2.56. The minimum atomic E-state index is 0.951. The van der Waals surface area contributed by atoms with Crippen molar-refractivity contribution in [2.75, 3.05) is 7.11 Å². The lowest BCUT2D eigenvalue weighted by molar-refractivity contribution is 0.213. The normalized spacial score (nSPS) is 12.4. The van der Waals surface area contributed by atoms with Crippen LogP contribution in [0.3, 0.4) is 0 Å². The number of nitrogens with zero attached hydrogens (tertiary/aromatic N) is 1. The van der Waals surface area contributed by atoms with Gasteiger partial charge in [-0.05, 0) is 6.92 Å². The molecule has 0 heterocycles. The molecule has 0 atom stereocenters. The third-order valence-corrected chi connectivity index (χ3v) is 0.952. The van der Waals surface area contributed by atoms with Gasteiger partial charge in [-0.3, -0.25) is 0 Å². The van der Waals surface area contributed by atoms with Crippen LogP contribution in [0.15, 0.2) is 5.16 Å². The molecule has 0 unspecified atom stereocenters. The maximum Gasteiger partial charge on any atom is 0.106 e. The summed E-state index contributed by atoms with van der Waals surface area (Å²) in [5, 5.41) is 3.70. The van der Waals surface area contributed by atoms with Gasteiger partial charge in [-0.15, -0.1) is 0 Å². The Bertz CT molecular complexity index is 86.5. The highest BCUT2D eigenvalue weighted by atomic mass is 16.6. The third-order valence-electron chi connectivity index (χ3n) is 0.952. The van der Waals surface area contributed by atoms with Crippen molar-refractivity contribution in [2.24, 2.45) is 5.16 Å². The molecular formula is C6H12NO. The average molecular weight is 114 g/mol. The van der Waals surface area contributed by atoms with Gasteiger partial charge in [0.05, 0.1) is 5.71 Å². The molecular weight excluding hydrogens is 102 g/mol. The molecule has 0 spiro atoms. The average Bonchev–Trinajstić information content (AvgIpc) is 1.67. The van der Waals surface area contributed by atoms with E-state index in [2.05, 4.69) is 9.99 Å². The fourth-order valence-corrected chi connectivity index (χ4v) is 0.228. The highest BCUT2D eigenvalue weighted by Gasteiger charge is 1.96. The van der Waals surface area contributed by atoms with Gasteiger partial charge < -0.3 is 4.84 Å². The third kappa shape index (κ3) is 2.61. The quantitative estimate of drug-likeness (QED) is 0.395. The maximum atomic E-state index is 4.53. The van der Waals surface area contributed by atoms with Crippen molar-refractivity contribution < 1.29 is 4.84 Å². The van der Waals surface area contributed by atoms with Crippen molar-refractivity contribution in [1.29, 1.82) is 0 Å². The van der Waals surface area contributed by atoms with Gasteiger partial charge in [0.25, 0.3) is 0 Å². The Labute approximate surface area is 50.5 Å². The second kappa shape index (κ2) is 3.47. The van der Waals surface area contributed by atoms with Crippen LogP contribution in [-0.4, -0.2) is 12.8 Å². The predicted molar refractivity (Wildman–Crippen MR) is 34.7 cm³/mol. The number of hydrogen-bond acceptors (Lipinski definition) is 2. The van der Waals surface area contributed by atoms with E-state index in [0.29, 0.717) is 0 Å². The van der Waals surface area contributed by atoms with E-state index in [0.717, 1.165) is 5.71 Å². The molecule has 0 saturated heterocycles. The first-order valence-electron chi connectivity index (χ1n) is 2.56. The zero-order valence-corrected chi connectivity index (χ0v) is 5.86. The Kier molecular flexibility index (Phi) is 3.24. The predicted octanol–water partition coefficient (Wildman–Crippen LogP) is 1.62. The van der Waals surface area contributed by atoms with E-state index < -0.39 is 0 Å². The zero-order chi connectivity index (χ0) is 6.57. The Hall–Kier alpha value is -0.530. The van der Waals surface area contributed by atoms with E-state index >= 15 is 0 Å². The number of rotatable bonds is 2. The molecule has 0 aromatic carbocycles. The molecule has 0 N–H and O–H groups in total. The number of oxime groups is 1. The van der Waals surface area contributed by atoms with Crippen molar-refractivity contribution in [3.8, 4) is 0 Å². The van der Waals surface area contributed by atoms with E-state index in [9.17, 15) is 0 Å². The van der Waals surface area contributed by atoms with Crippen LogP contribution in [0.1, 0.15) is 20.8 Å². The molecule has 0 rings (SSSR count). The topological polar surface area (TPSA) is 21.6 Å². The molecule has 0 aliphatic carbocycles. The standard InChI is InChI=1S/C6H12NO/c1-5(2)6(3)7-8-4/h1-4H3. The Morgan fingerprint density at radius 2 is 1.75 bits per heavy atom. The summed E-state index contributed by atoms with van der Waals surface area (Å²) in [4.78, 5) is 4.53. The second-order valence-corrected chi connectivity index (χ2v) is 1.86. The van der Waals surface area contributed by atoms with Gasteiger partial charge in [0.15, 0.2) is 0 Å². The smallest absolute Gasteiger partial charge is 0.106 e. The second-order valence-electron chi connectivity index (χ2n) is 1.86. The lowest BCUT2D eigenvalue weighted by Crippen LogP contribution is -1.98. The van der Waals surface area contributed by atoms with E-state index in [1.807, 2.05) is 20.8 Å². The lowest BCUT2D eigenvalue weighted by Gasteiger charge is -1.99. The van der Waals surface area contributed by atoms with Gasteiger partial charge in [0.2, 0.25) is 0 Å². The monoisotopic (exact) mass is 114 g/mol. The molecule has 2 nitrogen and oxygen atoms in total. The Morgan fingerprint density at radius 1 is 1.25 bits per heavy atom. The van der Waals surface area contributed by atoms with Crippen molar-refractivity contribution in [3.63, 3.8) is 0 Å². The van der Waals surface area contributed by atoms with Crippen LogP contribution in [0, 0.1) is 5.92 Å². The molecule has 0 fully saturated rings. The van der Waals surface area contributed by atoms with Crippen molar-refractivity contribution in [3.05, 3.63) is 5.92 Å². The van der Waals surface area contributed by atoms with Gasteiger partial charge in [-0.1, -0.05) is 19.0 Å². The van der Waals surface area contributed by atoms with E-state index in [1.165, 1.54) is 5.92 Å². The summed E-state index contributed by atoms with van der Waals surface area (Å²) in [6.07, 6.45) is 0. The molecule has 0 aromatic heterocycles.